The first-order valence-corrected chi connectivity index (χ1v) is 26.3. The van der Waals surface area contributed by atoms with Gasteiger partial charge in [-0.1, -0.05) is 42.5 Å². The summed E-state index contributed by atoms with van der Waals surface area (Å²) in [5.74, 6) is -6.23. The minimum Gasteiger partial charge on any atom is -0.481 e. The number of carbonyl (C=O) groups excluding carboxylic acids is 6. The molecular weight excluding hydrogens is 1010 g/mol. The number of nitrogens with one attached hydrogen (secondary N) is 4. The molecule has 8 N–H and O–H groups in total. The third kappa shape index (κ3) is 20.8. The van der Waals surface area contributed by atoms with Gasteiger partial charge in [-0.2, -0.15) is 0 Å². The number of carboxylic acid groups (broad SMARTS) is 4. The number of ether oxygens (including phenoxy) is 2. The molecule has 5 rings (SSSR count). The molecule has 424 valence electrons. The predicted octanol–water partition coefficient (Wildman–Crippen LogP) is 0.590. The summed E-state index contributed by atoms with van der Waals surface area (Å²) in [5, 5.41) is 49.8. The second-order valence-electron chi connectivity index (χ2n) is 20.2. The van der Waals surface area contributed by atoms with Crippen LogP contribution in [0.25, 0.3) is 10.8 Å². The van der Waals surface area contributed by atoms with Gasteiger partial charge in [0.15, 0.2) is 0 Å². The van der Waals surface area contributed by atoms with Crippen LogP contribution in [0.1, 0.15) is 76.2 Å². The van der Waals surface area contributed by atoms with Crippen molar-refractivity contribution < 1.29 is 77.8 Å². The molecule has 3 atom stereocenters. The van der Waals surface area contributed by atoms with Crippen LogP contribution in [0.15, 0.2) is 42.5 Å². The first-order chi connectivity index (χ1) is 37.0. The van der Waals surface area contributed by atoms with Crippen LogP contribution in [-0.2, 0) is 59.0 Å². The minimum atomic E-state index is -1.55. The normalized spacial score (nSPS) is 20.5. The van der Waals surface area contributed by atoms with Gasteiger partial charge in [-0.25, -0.2) is 14.4 Å². The molecule has 2 saturated heterocycles. The van der Waals surface area contributed by atoms with Crippen molar-refractivity contribution in [1.82, 2.24) is 45.8 Å². The Morgan fingerprint density at radius 2 is 1.21 bits per heavy atom. The van der Waals surface area contributed by atoms with E-state index in [9.17, 15) is 63.3 Å². The predicted molar refractivity (Wildman–Crippen MR) is 276 cm³/mol. The van der Waals surface area contributed by atoms with Gasteiger partial charge in [-0.05, 0) is 86.0 Å². The number of aliphatic carboxylic acids is 4. The van der Waals surface area contributed by atoms with Gasteiger partial charge >= 0.3 is 29.9 Å². The first kappa shape index (κ1) is 60.9. The van der Waals surface area contributed by atoms with Gasteiger partial charge < -0.3 is 56.1 Å². The molecule has 0 radical (unpaired) electrons. The van der Waals surface area contributed by atoms with Gasteiger partial charge in [0.05, 0.1) is 13.1 Å². The number of hydrogen-bond donors (Lipinski definition) is 8. The lowest BCUT2D eigenvalue weighted by Crippen LogP contribution is -2.53. The Morgan fingerprint density at radius 1 is 0.636 bits per heavy atom. The van der Waals surface area contributed by atoms with Crippen molar-refractivity contribution in [2.75, 3.05) is 98.5 Å². The van der Waals surface area contributed by atoms with Gasteiger partial charge in [0, 0.05) is 90.8 Å². The fourth-order valence-corrected chi connectivity index (χ4v) is 10.3. The fraction of sp³-hybridized carbons (Fsp3) is 0.615. The Balaban J connectivity index is 1.17. The van der Waals surface area contributed by atoms with E-state index >= 15 is 0 Å². The summed E-state index contributed by atoms with van der Waals surface area (Å²) >= 11 is 0. The standard InChI is InChI=1S/C52H75N9O16/c62-35-76-33-59-24-22-57(20-21-58(31-46(67)68)23-25-60(27-26-59)34-77-36-63)30-44(64)61-19-5-15-52(32-61)16-13-39(14-17-52)47(69)54-43(29-37-9-10-38-6-1-2-7-40(38)28-37)48(70)53-18-4-3-8-41(49(71)72)55-51(75)56-42(50(73)74)11-12-45(65)66/h1-2,6-7,9-10,28,35-36,39,41-43H,3-5,8,11-27,29-34H2,(H,53,70)(H,54,69)(H,65,66)(H,67,68)(H,71,72)(H,73,74)(H2,55,56,75)/t39?,41?,42-,43-,52?/m0/s1. The first-order valence-electron chi connectivity index (χ1n) is 26.3. The van der Waals surface area contributed by atoms with E-state index in [4.69, 9.17) is 14.6 Å². The van der Waals surface area contributed by atoms with E-state index in [0.29, 0.717) is 110 Å². The molecule has 1 aliphatic carbocycles. The molecule has 2 aromatic rings. The third-order valence-electron chi connectivity index (χ3n) is 14.7. The van der Waals surface area contributed by atoms with E-state index in [0.717, 1.165) is 29.2 Å². The molecule has 3 aliphatic rings. The van der Waals surface area contributed by atoms with Crippen molar-refractivity contribution in [3.63, 3.8) is 0 Å². The number of carbonyl (C=O) groups is 10. The van der Waals surface area contributed by atoms with Crippen molar-refractivity contribution in [3.05, 3.63) is 48.0 Å². The lowest BCUT2D eigenvalue weighted by molar-refractivity contribution is -0.141. The molecule has 25 nitrogen and oxygen atoms in total. The number of hydrogen-bond acceptors (Lipinski definition) is 16. The Bertz CT molecular complexity index is 2330. The highest BCUT2D eigenvalue weighted by Crippen LogP contribution is 2.45. The highest BCUT2D eigenvalue weighted by molar-refractivity contribution is 5.90. The number of urea groups is 1. The summed E-state index contributed by atoms with van der Waals surface area (Å²) in [4.78, 5) is 132. The van der Waals surface area contributed by atoms with Gasteiger partial charge in [0.25, 0.3) is 12.9 Å². The summed E-state index contributed by atoms with van der Waals surface area (Å²) in [6.45, 7) is 5.20. The Morgan fingerprint density at radius 3 is 1.78 bits per heavy atom. The Hall–Kier alpha value is -6.96. The molecule has 2 heterocycles. The van der Waals surface area contributed by atoms with Crippen LogP contribution in [0.3, 0.4) is 0 Å². The van der Waals surface area contributed by atoms with Gasteiger partial charge in [0.2, 0.25) is 17.7 Å². The van der Waals surface area contributed by atoms with E-state index in [-0.39, 0.29) is 75.5 Å². The van der Waals surface area contributed by atoms with E-state index in [1.807, 2.05) is 62.1 Å². The average Bonchev–Trinajstić information content (AvgIpc) is 3.40. The van der Waals surface area contributed by atoms with Crippen molar-refractivity contribution >= 4 is 71.3 Å². The lowest BCUT2D eigenvalue weighted by Gasteiger charge is -2.47. The summed E-state index contributed by atoms with van der Waals surface area (Å²) in [5.41, 5.74) is 0.626. The number of nitrogens with zero attached hydrogens (tertiary/aromatic N) is 5. The van der Waals surface area contributed by atoms with Crippen LogP contribution in [-0.4, -0.2) is 222 Å². The molecule has 77 heavy (non-hydrogen) atoms. The van der Waals surface area contributed by atoms with Crippen LogP contribution in [0.2, 0.25) is 0 Å². The number of amides is 5. The molecule has 2 aliphatic heterocycles. The topological polar surface area (TPSA) is 334 Å². The molecule has 2 aromatic carbocycles. The smallest absolute Gasteiger partial charge is 0.326 e. The number of benzene rings is 2. The van der Waals surface area contributed by atoms with Crippen molar-refractivity contribution in [2.45, 2.75) is 95.2 Å². The van der Waals surface area contributed by atoms with E-state index < -0.39 is 66.8 Å². The number of rotatable bonds is 27. The molecule has 0 bridgehead atoms. The molecule has 1 saturated carbocycles. The number of likely N-dealkylation sites (tertiary alicyclic amines) is 1. The molecule has 1 spiro atoms. The van der Waals surface area contributed by atoms with Crippen LogP contribution >= 0.6 is 0 Å². The molecule has 1 unspecified atom stereocenters. The molecule has 3 fully saturated rings. The van der Waals surface area contributed by atoms with Gasteiger partial charge in [-0.3, -0.25) is 53.2 Å². The van der Waals surface area contributed by atoms with Crippen LogP contribution < -0.4 is 21.3 Å². The molecule has 0 aromatic heterocycles. The SMILES string of the molecule is O=COCN1CCN(COC=O)CCN(CC(=O)N2CCCC3(CCC(C(=O)N[C@@H](Cc4ccc5ccccc5c4)C(=O)NCCCCC(NC(=O)N[C@@H](CCC(=O)O)C(=O)O)C(=O)O)CC3)C2)CCN(CC(=O)O)CC1. The summed E-state index contributed by atoms with van der Waals surface area (Å²) < 4.78 is 10.1. The van der Waals surface area contributed by atoms with Crippen LogP contribution in [0, 0.1) is 11.3 Å². The number of fused-ring (bicyclic) bond motifs is 1. The highest BCUT2D eigenvalue weighted by Gasteiger charge is 2.42. The average molecular weight is 1080 g/mol. The van der Waals surface area contributed by atoms with Crippen LogP contribution in [0.5, 0.6) is 0 Å². The summed E-state index contributed by atoms with van der Waals surface area (Å²) in [6, 6.07) is 8.62. The second kappa shape index (κ2) is 31.3. The zero-order valence-electron chi connectivity index (χ0n) is 43.5. The maximum absolute atomic E-state index is 14.2. The van der Waals surface area contributed by atoms with Crippen LogP contribution in [0.4, 0.5) is 4.79 Å². The molecule has 5 amide bonds. The van der Waals surface area contributed by atoms with Crippen molar-refractivity contribution in [1.29, 1.82) is 0 Å². The highest BCUT2D eigenvalue weighted by atomic mass is 16.5. The number of piperidine rings is 1. The van der Waals surface area contributed by atoms with Gasteiger partial charge in [-0.15, -0.1) is 0 Å². The zero-order valence-corrected chi connectivity index (χ0v) is 43.5. The van der Waals surface area contributed by atoms with E-state index in [1.54, 1.807) is 4.90 Å². The van der Waals surface area contributed by atoms with Gasteiger partial charge in [0.1, 0.15) is 31.6 Å². The summed E-state index contributed by atoms with van der Waals surface area (Å²) in [7, 11) is 0. The zero-order chi connectivity index (χ0) is 55.7. The van der Waals surface area contributed by atoms with Crippen molar-refractivity contribution in [2.24, 2.45) is 11.3 Å². The Kier molecular flexibility index (Phi) is 24.8. The maximum Gasteiger partial charge on any atom is 0.326 e. The quantitative estimate of drug-likeness (QED) is 0.0448. The maximum atomic E-state index is 14.2. The monoisotopic (exact) mass is 1080 g/mol. The third-order valence-corrected chi connectivity index (χ3v) is 14.7. The van der Waals surface area contributed by atoms with E-state index in [1.165, 1.54) is 0 Å². The molecule has 25 heteroatoms. The number of carboxylic acids is 4. The lowest BCUT2D eigenvalue weighted by atomic mass is 9.66. The minimum absolute atomic E-state index is 0.0194. The Labute approximate surface area is 446 Å². The summed E-state index contributed by atoms with van der Waals surface area (Å²) in [6.07, 6.45) is 3.92. The van der Waals surface area contributed by atoms with Crippen molar-refractivity contribution in [3.8, 4) is 0 Å². The number of unbranched alkanes of at least 4 members (excludes halogenated alkanes) is 1. The molecular formula is C52H75N9O16. The second-order valence-corrected chi connectivity index (χ2v) is 20.2. The fourth-order valence-electron chi connectivity index (χ4n) is 10.3. The largest absolute Gasteiger partial charge is 0.481 e. The van der Waals surface area contributed by atoms with E-state index in [2.05, 4.69) is 21.3 Å².